The van der Waals surface area contributed by atoms with Crippen molar-refractivity contribution >= 4 is 0 Å². The molecule has 0 radical (unpaired) electrons. The molecule has 0 heteroatoms. The van der Waals surface area contributed by atoms with Gasteiger partial charge < -0.3 is 0 Å². The molecule has 0 spiro atoms. The molecule has 0 aromatic rings. The molecule has 0 amide bonds. The molecule has 0 aromatic carbocycles. The Kier molecular flexibility index (Phi) is 55.2. The molecular formula is C77H156. The molecule has 0 saturated carbocycles. The lowest BCUT2D eigenvalue weighted by Crippen LogP contribution is -2.55. The average Bonchev–Trinajstić information content (AvgIpc) is 3.41. The second-order valence-corrected chi connectivity index (χ2v) is 28.8. The van der Waals surface area contributed by atoms with Crippen molar-refractivity contribution < 1.29 is 0 Å². The van der Waals surface area contributed by atoms with Crippen LogP contribution >= 0.6 is 0 Å². The highest BCUT2D eigenvalue weighted by atomic mass is 14.6. The molecule has 0 saturated heterocycles. The van der Waals surface area contributed by atoms with Crippen LogP contribution in [0.1, 0.15) is 455 Å². The van der Waals surface area contributed by atoms with Crippen LogP contribution in [0.5, 0.6) is 0 Å². The van der Waals surface area contributed by atoms with E-state index in [-0.39, 0.29) is 0 Å². The zero-order valence-corrected chi connectivity index (χ0v) is 56.8. The van der Waals surface area contributed by atoms with E-state index in [2.05, 4.69) is 83.1 Å². The van der Waals surface area contributed by atoms with E-state index in [1.807, 2.05) is 0 Å². The van der Waals surface area contributed by atoms with Crippen molar-refractivity contribution in [3.05, 3.63) is 0 Å². The summed E-state index contributed by atoms with van der Waals surface area (Å²) in [5.74, 6) is 3.41. The first-order chi connectivity index (χ1) is 37.5. The first-order valence-corrected chi connectivity index (χ1v) is 37.5. The minimum absolute atomic E-state index is 0.445. The minimum Gasteiger partial charge on any atom is -0.0654 e. The summed E-state index contributed by atoms with van der Waals surface area (Å²) in [7, 11) is 0. The lowest BCUT2D eigenvalue weighted by Gasteiger charge is -2.64. The Morgan fingerprint density at radius 3 is 0.688 bits per heavy atom. The molecule has 0 aromatic heterocycles. The van der Waals surface area contributed by atoms with E-state index in [0.29, 0.717) is 16.2 Å². The topological polar surface area (TPSA) is 0 Å². The summed E-state index contributed by atoms with van der Waals surface area (Å²) in [6.45, 7) is 29.6. The third kappa shape index (κ3) is 40.0. The highest BCUT2D eigenvalue weighted by Gasteiger charge is 2.59. The van der Waals surface area contributed by atoms with E-state index in [9.17, 15) is 0 Å². The van der Waals surface area contributed by atoms with Crippen LogP contribution in [0.15, 0.2) is 0 Å². The third-order valence-electron chi connectivity index (χ3n) is 20.5. The molecule has 4 unspecified atom stereocenters. The third-order valence-corrected chi connectivity index (χ3v) is 20.5. The van der Waals surface area contributed by atoms with E-state index in [1.165, 1.54) is 321 Å². The lowest BCUT2D eigenvalue weighted by atomic mass is 9.40. The maximum Gasteiger partial charge on any atom is -0.0184 e. The smallest absolute Gasteiger partial charge is 0.0184 e. The van der Waals surface area contributed by atoms with Crippen LogP contribution in [0.4, 0.5) is 0 Å². The molecule has 0 heterocycles. The molecule has 0 aliphatic carbocycles. The van der Waals surface area contributed by atoms with Crippen molar-refractivity contribution in [2.45, 2.75) is 455 Å². The Balaban J connectivity index is 8.52. The van der Waals surface area contributed by atoms with E-state index < -0.39 is 0 Å². The van der Waals surface area contributed by atoms with E-state index in [4.69, 9.17) is 0 Å². The maximum absolute atomic E-state index is 2.66. The predicted octanol–water partition coefficient (Wildman–Crippen LogP) is 29.3. The first-order valence-electron chi connectivity index (χ1n) is 37.5. The molecular weight excluding hydrogens is 925 g/mol. The molecule has 0 rings (SSSR count). The molecule has 0 bridgehead atoms. The molecule has 0 aliphatic rings. The Morgan fingerprint density at radius 2 is 0.429 bits per heavy atom. The van der Waals surface area contributed by atoms with Gasteiger partial charge in [-0.3, -0.25) is 0 Å². The van der Waals surface area contributed by atoms with Gasteiger partial charge in [0.2, 0.25) is 0 Å². The maximum atomic E-state index is 2.66. The van der Waals surface area contributed by atoms with Gasteiger partial charge in [0, 0.05) is 0 Å². The van der Waals surface area contributed by atoms with Gasteiger partial charge >= 0.3 is 0 Å². The monoisotopic (exact) mass is 1080 g/mol. The SMILES string of the molecule is CCCCCCCCCCCC(CCCCCCCCCC)(CCCCCCCC(C)C)C(CCCCCCCCC)(CCCCCCC(C)C)C(CCCCCCCCC)(CCCCCC(C)C)CC(CC)CCCC. The fourth-order valence-electron chi connectivity index (χ4n) is 15.6. The van der Waals surface area contributed by atoms with Crippen LogP contribution < -0.4 is 0 Å². The van der Waals surface area contributed by atoms with Gasteiger partial charge in [0.05, 0.1) is 0 Å². The average molecular weight is 1080 g/mol. The van der Waals surface area contributed by atoms with Gasteiger partial charge in [0.25, 0.3) is 0 Å². The largest absolute Gasteiger partial charge is 0.0654 e. The van der Waals surface area contributed by atoms with E-state index in [0.717, 1.165) is 23.7 Å². The highest BCUT2D eigenvalue weighted by Crippen LogP contribution is 2.69. The van der Waals surface area contributed by atoms with Crippen molar-refractivity contribution in [1.82, 2.24) is 0 Å². The zero-order valence-electron chi connectivity index (χ0n) is 56.8. The summed E-state index contributed by atoms with van der Waals surface area (Å²) >= 11 is 0. The fourth-order valence-corrected chi connectivity index (χ4v) is 15.6. The van der Waals surface area contributed by atoms with Crippen LogP contribution in [-0.4, -0.2) is 0 Å². The predicted molar refractivity (Wildman–Crippen MR) is 357 cm³/mol. The summed E-state index contributed by atoms with van der Waals surface area (Å²) in [6, 6.07) is 0. The molecule has 77 heavy (non-hydrogen) atoms. The van der Waals surface area contributed by atoms with E-state index in [1.54, 1.807) is 51.4 Å². The van der Waals surface area contributed by atoms with Crippen molar-refractivity contribution in [3.63, 3.8) is 0 Å². The van der Waals surface area contributed by atoms with Gasteiger partial charge in [-0.25, -0.2) is 0 Å². The second kappa shape index (κ2) is 55.2. The van der Waals surface area contributed by atoms with Crippen LogP contribution in [0.25, 0.3) is 0 Å². The number of hydrogen-bond acceptors (Lipinski definition) is 0. The van der Waals surface area contributed by atoms with Crippen molar-refractivity contribution in [3.8, 4) is 0 Å². The zero-order chi connectivity index (χ0) is 56.8. The highest BCUT2D eigenvalue weighted by molar-refractivity contribution is 5.09. The Labute approximate surface area is 492 Å². The number of rotatable bonds is 64. The molecule has 0 aliphatic heterocycles. The standard InChI is InChI=1S/C77H156/c1-13-19-24-28-32-34-38-43-53-64-75(63-52-42-37-33-29-25-20-14-2,65-54-45-39-40-49-59-71(7)8)77(68-57-46-36-31-27-22-16-4,69-58-47-41-50-60-72(9)10)76(67-56-48-51-61-73(11)12,70-74(18-6)62-23-17-5)66-55-44-35-30-26-21-15-3/h71-74H,13-70H2,1-12H3. The lowest BCUT2D eigenvalue weighted by molar-refractivity contribution is -0.146. The normalized spacial score (nSPS) is 15.0. The van der Waals surface area contributed by atoms with Crippen LogP contribution in [0.3, 0.4) is 0 Å². The summed E-state index contributed by atoms with van der Waals surface area (Å²) in [6.07, 6.45) is 85.7. The van der Waals surface area contributed by atoms with Crippen LogP contribution in [0.2, 0.25) is 0 Å². The molecule has 0 fully saturated rings. The van der Waals surface area contributed by atoms with Gasteiger partial charge in [-0.15, -0.1) is 0 Å². The summed E-state index contributed by atoms with van der Waals surface area (Å²) in [4.78, 5) is 0. The number of unbranched alkanes of at least 4 members (excludes halogenated alkanes) is 37. The minimum atomic E-state index is 0.445. The summed E-state index contributed by atoms with van der Waals surface area (Å²) in [5.41, 5.74) is 1.37. The van der Waals surface area contributed by atoms with Crippen LogP contribution in [0, 0.1) is 39.9 Å². The quantitative estimate of drug-likeness (QED) is 0.0533. The van der Waals surface area contributed by atoms with Crippen LogP contribution in [-0.2, 0) is 0 Å². The van der Waals surface area contributed by atoms with Gasteiger partial charge in [-0.05, 0) is 91.3 Å². The summed E-state index contributed by atoms with van der Waals surface area (Å²) < 4.78 is 0. The fraction of sp³-hybridized carbons (Fsp3) is 1.00. The van der Waals surface area contributed by atoms with Gasteiger partial charge in [-0.2, -0.15) is 0 Å². The molecule has 4 atom stereocenters. The van der Waals surface area contributed by atoms with Gasteiger partial charge in [-0.1, -0.05) is 404 Å². The molecule has 464 valence electrons. The van der Waals surface area contributed by atoms with Crippen molar-refractivity contribution in [1.29, 1.82) is 0 Å². The molecule has 0 N–H and O–H groups in total. The van der Waals surface area contributed by atoms with Crippen molar-refractivity contribution in [2.24, 2.45) is 39.9 Å². The Morgan fingerprint density at radius 1 is 0.208 bits per heavy atom. The van der Waals surface area contributed by atoms with Gasteiger partial charge in [0.1, 0.15) is 0 Å². The van der Waals surface area contributed by atoms with Gasteiger partial charge in [0.15, 0.2) is 0 Å². The Bertz CT molecular complexity index is 1130. The number of hydrogen-bond donors (Lipinski definition) is 0. The second-order valence-electron chi connectivity index (χ2n) is 28.8. The Hall–Kier alpha value is 0. The van der Waals surface area contributed by atoms with E-state index >= 15 is 0 Å². The molecule has 0 nitrogen and oxygen atoms in total. The first kappa shape index (κ1) is 77.0. The summed E-state index contributed by atoms with van der Waals surface area (Å²) in [5, 5.41) is 0. The van der Waals surface area contributed by atoms with Crippen molar-refractivity contribution in [2.75, 3.05) is 0 Å².